The molecule has 0 saturated carbocycles. The Morgan fingerprint density at radius 2 is 1.74 bits per heavy atom. The first-order chi connectivity index (χ1) is 10.7. The minimum atomic E-state index is -0.861. The van der Waals surface area contributed by atoms with E-state index in [1.165, 1.54) is 0 Å². The summed E-state index contributed by atoms with van der Waals surface area (Å²) in [6.07, 6.45) is 11.7. The van der Waals surface area contributed by atoms with Crippen molar-refractivity contribution in [3.05, 3.63) is 47.1 Å². The first kappa shape index (κ1) is 21.6. The second-order valence-electron chi connectivity index (χ2n) is 6.65. The van der Waals surface area contributed by atoms with Gasteiger partial charge in [-0.15, -0.1) is 0 Å². The molecule has 130 valence electrons. The summed E-state index contributed by atoms with van der Waals surface area (Å²) in [5.74, 6) is 0.122. The minimum absolute atomic E-state index is 0.0472. The average molecular weight is 320 g/mol. The number of carbonyl (C=O) groups is 1. The lowest BCUT2D eigenvalue weighted by atomic mass is 9.97. The van der Waals surface area contributed by atoms with E-state index in [-0.39, 0.29) is 12.4 Å². The Hall–Kier alpha value is -1.45. The Balaban J connectivity index is 4.34. The van der Waals surface area contributed by atoms with E-state index in [2.05, 4.69) is 0 Å². The molecule has 2 N–H and O–H groups in total. The molecule has 0 spiro atoms. The van der Waals surface area contributed by atoms with Crippen molar-refractivity contribution in [2.45, 2.75) is 65.9 Å². The van der Waals surface area contributed by atoms with Crippen molar-refractivity contribution in [3.8, 4) is 0 Å². The average Bonchev–Trinajstić information content (AvgIpc) is 2.36. The van der Waals surface area contributed by atoms with Crippen LogP contribution < -0.4 is 0 Å². The van der Waals surface area contributed by atoms with Crippen LogP contribution in [0.1, 0.15) is 60.3 Å². The molecule has 0 heterocycles. The molecule has 3 nitrogen and oxygen atoms in total. The largest absolute Gasteiger partial charge is 0.392 e. The predicted octanol–water partition coefficient (Wildman–Crippen LogP) is 4.27. The van der Waals surface area contributed by atoms with Gasteiger partial charge in [-0.25, -0.2) is 0 Å². The fraction of sp³-hybridized carbons (Fsp3) is 0.550. The number of ketones is 1. The Morgan fingerprint density at radius 1 is 1.09 bits per heavy atom. The zero-order chi connectivity index (χ0) is 17.9. The number of carbonyl (C=O) groups excluding carboxylic acids is 1. The van der Waals surface area contributed by atoms with Crippen molar-refractivity contribution in [2.75, 3.05) is 6.61 Å². The summed E-state index contributed by atoms with van der Waals surface area (Å²) >= 11 is 0. The standard InChI is InChI=1S/C20H32O3/c1-16(2)14-19(22)15-18(4)9-7-12-20(5,23)11-6-8-17(3)10-13-21/h6,9-11,14,21,23H,7-8,12-13,15H2,1-5H3/b11-6+,17-10+,18-9+/t20-/m1/s1. The molecule has 0 aliphatic rings. The molecule has 3 heteroatoms. The predicted molar refractivity (Wildman–Crippen MR) is 97.3 cm³/mol. The molecule has 0 unspecified atom stereocenters. The van der Waals surface area contributed by atoms with Crippen LogP contribution in [0.5, 0.6) is 0 Å². The second-order valence-corrected chi connectivity index (χ2v) is 6.65. The first-order valence-corrected chi connectivity index (χ1v) is 8.16. The summed E-state index contributed by atoms with van der Waals surface area (Å²) in [6, 6.07) is 0. The number of aliphatic hydroxyl groups excluding tert-OH is 1. The van der Waals surface area contributed by atoms with Crippen molar-refractivity contribution in [3.63, 3.8) is 0 Å². The molecule has 0 aromatic rings. The molecule has 0 aromatic heterocycles. The van der Waals surface area contributed by atoms with Crippen LogP contribution in [0.3, 0.4) is 0 Å². The molecule has 0 radical (unpaired) electrons. The van der Waals surface area contributed by atoms with Crippen molar-refractivity contribution in [1.29, 1.82) is 0 Å². The molecule has 0 bridgehead atoms. The molecule has 0 aromatic carbocycles. The van der Waals surface area contributed by atoms with Gasteiger partial charge >= 0.3 is 0 Å². The Bertz CT molecular complexity index is 487. The maximum atomic E-state index is 11.7. The third kappa shape index (κ3) is 12.8. The van der Waals surface area contributed by atoms with E-state index in [0.717, 1.165) is 29.6 Å². The smallest absolute Gasteiger partial charge is 0.159 e. The SMILES string of the molecule is CC(C)=CC(=O)C/C(C)=C/CC[C@](C)(O)/C=C/C/C(C)=C/CO. The molecule has 0 aliphatic heterocycles. The van der Waals surface area contributed by atoms with Crippen LogP contribution in [0.2, 0.25) is 0 Å². The van der Waals surface area contributed by atoms with E-state index in [9.17, 15) is 9.90 Å². The lowest BCUT2D eigenvalue weighted by Gasteiger charge is -2.18. The highest BCUT2D eigenvalue weighted by molar-refractivity contribution is 5.91. The van der Waals surface area contributed by atoms with Crippen LogP contribution in [0.25, 0.3) is 0 Å². The van der Waals surface area contributed by atoms with E-state index in [1.807, 2.05) is 39.8 Å². The third-order valence-corrected chi connectivity index (χ3v) is 3.40. The topological polar surface area (TPSA) is 57.5 Å². The van der Waals surface area contributed by atoms with Crippen LogP contribution in [0, 0.1) is 0 Å². The van der Waals surface area contributed by atoms with E-state index in [4.69, 9.17) is 5.11 Å². The van der Waals surface area contributed by atoms with Crippen LogP contribution in [-0.4, -0.2) is 28.2 Å². The molecule has 0 aliphatic carbocycles. The number of aliphatic hydroxyl groups is 2. The summed E-state index contributed by atoms with van der Waals surface area (Å²) in [5.41, 5.74) is 2.27. The Labute approximate surface area is 141 Å². The maximum Gasteiger partial charge on any atom is 0.159 e. The Morgan fingerprint density at radius 3 is 2.30 bits per heavy atom. The monoisotopic (exact) mass is 320 g/mol. The Kier molecular flexibility index (Phi) is 10.4. The van der Waals surface area contributed by atoms with Crippen LogP contribution in [-0.2, 0) is 4.79 Å². The van der Waals surface area contributed by atoms with Gasteiger partial charge in [-0.2, -0.15) is 0 Å². The molecule has 0 amide bonds. The van der Waals surface area contributed by atoms with Gasteiger partial charge in [-0.3, -0.25) is 4.79 Å². The van der Waals surface area contributed by atoms with Crippen LogP contribution in [0.15, 0.2) is 47.1 Å². The van der Waals surface area contributed by atoms with Gasteiger partial charge in [0.2, 0.25) is 0 Å². The van der Waals surface area contributed by atoms with Crippen LogP contribution >= 0.6 is 0 Å². The second kappa shape index (κ2) is 11.1. The number of rotatable bonds is 10. The summed E-state index contributed by atoms with van der Waals surface area (Å²) < 4.78 is 0. The summed E-state index contributed by atoms with van der Waals surface area (Å²) in [7, 11) is 0. The van der Waals surface area contributed by atoms with E-state index in [0.29, 0.717) is 12.8 Å². The van der Waals surface area contributed by atoms with E-state index in [1.54, 1.807) is 25.2 Å². The maximum absolute atomic E-state index is 11.7. The van der Waals surface area contributed by atoms with Gasteiger partial charge in [-0.05, 0) is 60.0 Å². The fourth-order valence-electron chi connectivity index (χ4n) is 2.15. The molecular weight excluding hydrogens is 288 g/mol. The molecular formula is C20H32O3. The molecule has 23 heavy (non-hydrogen) atoms. The van der Waals surface area contributed by atoms with E-state index >= 15 is 0 Å². The van der Waals surface area contributed by atoms with Gasteiger partial charge in [0.25, 0.3) is 0 Å². The fourth-order valence-corrected chi connectivity index (χ4v) is 2.15. The van der Waals surface area contributed by atoms with Crippen LogP contribution in [0.4, 0.5) is 0 Å². The highest BCUT2D eigenvalue weighted by atomic mass is 16.3. The first-order valence-electron chi connectivity index (χ1n) is 8.16. The summed E-state index contributed by atoms with van der Waals surface area (Å²) in [5, 5.41) is 19.1. The summed E-state index contributed by atoms with van der Waals surface area (Å²) in [4.78, 5) is 11.7. The van der Waals surface area contributed by atoms with Crippen molar-refractivity contribution >= 4 is 5.78 Å². The van der Waals surface area contributed by atoms with Gasteiger partial charge in [0.05, 0.1) is 12.2 Å². The van der Waals surface area contributed by atoms with E-state index < -0.39 is 5.60 Å². The zero-order valence-corrected chi connectivity index (χ0v) is 15.2. The van der Waals surface area contributed by atoms with Gasteiger partial charge in [0.15, 0.2) is 5.78 Å². The van der Waals surface area contributed by atoms with Crippen molar-refractivity contribution < 1.29 is 15.0 Å². The molecule has 0 saturated heterocycles. The quantitative estimate of drug-likeness (QED) is 0.467. The number of allylic oxidation sites excluding steroid dienone is 6. The lowest BCUT2D eigenvalue weighted by Crippen LogP contribution is -2.20. The highest BCUT2D eigenvalue weighted by Crippen LogP contribution is 2.17. The third-order valence-electron chi connectivity index (χ3n) is 3.40. The number of hydrogen-bond acceptors (Lipinski definition) is 3. The van der Waals surface area contributed by atoms with Gasteiger partial charge in [-0.1, -0.05) is 41.0 Å². The zero-order valence-electron chi connectivity index (χ0n) is 15.2. The normalized spacial score (nSPS) is 15.6. The molecule has 0 rings (SSSR count). The lowest BCUT2D eigenvalue weighted by molar-refractivity contribution is -0.114. The number of hydrogen-bond donors (Lipinski definition) is 2. The van der Waals surface area contributed by atoms with Crippen molar-refractivity contribution in [1.82, 2.24) is 0 Å². The van der Waals surface area contributed by atoms with Crippen molar-refractivity contribution in [2.24, 2.45) is 0 Å². The van der Waals surface area contributed by atoms with Gasteiger partial charge < -0.3 is 10.2 Å². The summed E-state index contributed by atoms with van der Waals surface area (Å²) in [6.45, 7) is 9.56. The van der Waals surface area contributed by atoms with Gasteiger partial charge in [0, 0.05) is 6.42 Å². The molecule has 0 fully saturated rings. The minimum Gasteiger partial charge on any atom is -0.392 e. The van der Waals surface area contributed by atoms with Gasteiger partial charge in [0.1, 0.15) is 0 Å². The molecule has 1 atom stereocenters. The highest BCUT2D eigenvalue weighted by Gasteiger charge is 2.14.